The number of benzene rings is 1. The Bertz CT molecular complexity index is 531. The van der Waals surface area contributed by atoms with Gasteiger partial charge in [0.05, 0.1) is 22.3 Å². The molecular formula is C12H13Cl2N3O. The van der Waals surface area contributed by atoms with Gasteiger partial charge in [-0.1, -0.05) is 23.2 Å². The molecule has 0 saturated carbocycles. The smallest absolute Gasteiger partial charge is 0.152 e. The number of aromatic nitrogens is 2. The number of phenols is 1. The topological polar surface area (TPSA) is 50.1 Å². The minimum atomic E-state index is -0.0949. The minimum absolute atomic E-state index is 0.0949. The summed E-state index contributed by atoms with van der Waals surface area (Å²) < 4.78 is 1.90. The Morgan fingerprint density at radius 3 is 2.61 bits per heavy atom. The largest absolute Gasteiger partial charge is 0.505 e. The Labute approximate surface area is 115 Å². The number of halogens is 2. The molecule has 0 aliphatic heterocycles. The Morgan fingerprint density at radius 1 is 1.33 bits per heavy atom. The summed E-state index contributed by atoms with van der Waals surface area (Å²) in [4.78, 5) is 0. The average Bonchev–Trinajstić information content (AvgIpc) is 2.80. The standard InChI is InChI=1S/C12H13Cl2N3O/c1-2-17-9(3-4-16-17)7-15-8-5-10(13)12(18)11(14)6-8/h3-6,15,18H,2,7H2,1H3. The molecule has 6 heteroatoms. The predicted molar refractivity (Wildman–Crippen MR) is 73.4 cm³/mol. The Hall–Kier alpha value is -1.39. The highest BCUT2D eigenvalue weighted by Gasteiger charge is 2.07. The molecule has 18 heavy (non-hydrogen) atoms. The van der Waals surface area contributed by atoms with Gasteiger partial charge < -0.3 is 10.4 Å². The molecule has 0 saturated heterocycles. The molecule has 2 aromatic rings. The second-order valence-corrected chi connectivity index (χ2v) is 4.59. The maximum absolute atomic E-state index is 9.46. The van der Waals surface area contributed by atoms with E-state index in [1.165, 1.54) is 0 Å². The van der Waals surface area contributed by atoms with Crippen LogP contribution in [-0.4, -0.2) is 14.9 Å². The van der Waals surface area contributed by atoms with Crippen LogP contribution in [0, 0.1) is 0 Å². The van der Waals surface area contributed by atoms with Crippen molar-refractivity contribution in [1.82, 2.24) is 9.78 Å². The first kappa shape index (κ1) is 13.1. The highest BCUT2D eigenvalue weighted by Crippen LogP contribution is 2.34. The molecule has 0 unspecified atom stereocenters. The summed E-state index contributed by atoms with van der Waals surface area (Å²) in [6.07, 6.45) is 1.76. The lowest BCUT2D eigenvalue weighted by atomic mass is 10.3. The number of aryl methyl sites for hydroxylation is 1. The second kappa shape index (κ2) is 5.50. The maximum atomic E-state index is 9.46. The molecule has 1 heterocycles. The predicted octanol–water partition coefficient (Wildman–Crippen LogP) is 3.53. The second-order valence-electron chi connectivity index (χ2n) is 3.78. The number of hydrogen-bond acceptors (Lipinski definition) is 3. The maximum Gasteiger partial charge on any atom is 0.152 e. The van der Waals surface area contributed by atoms with Crippen molar-refractivity contribution in [3.63, 3.8) is 0 Å². The first-order chi connectivity index (χ1) is 8.61. The first-order valence-corrected chi connectivity index (χ1v) is 6.30. The molecule has 2 N–H and O–H groups in total. The number of hydrogen-bond donors (Lipinski definition) is 2. The van der Waals surface area contributed by atoms with Crippen LogP contribution in [-0.2, 0) is 13.1 Å². The lowest BCUT2D eigenvalue weighted by Gasteiger charge is -2.10. The van der Waals surface area contributed by atoms with Gasteiger partial charge in [-0.25, -0.2) is 0 Å². The van der Waals surface area contributed by atoms with Crippen LogP contribution < -0.4 is 5.32 Å². The van der Waals surface area contributed by atoms with E-state index >= 15 is 0 Å². The van der Waals surface area contributed by atoms with Gasteiger partial charge >= 0.3 is 0 Å². The molecule has 0 aliphatic carbocycles. The molecule has 2 rings (SSSR count). The van der Waals surface area contributed by atoms with E-state index in [0.717, 1.165) is 17.9 Å². The van der Waals surface area contributed by atoms with E-state index in [0.29, 0.717) is 6.54 Å². The van der Waals surface area contributed by atoms with Crippen LogP contribution in [0.15, 0.2) is 24.4 Å². The summed E-state index contributed by atoms with van der Waals surface area (Å²) >= 11 is 11.7. The fourth-order valence-corrected chi connectivity index (χ4v) is 2.14. The van der Waals surface area contributed by atoms with E-state index in [1.807, 2.05) is 17.7 Å². The van der Waals surface area contributed by atoms with Gasteiger partial charge in [-0.15, -0.1) is 0 Å². The summed E-state index contributed by atoms with van der Waals surface area (Å²) in [6.45, 7) is 3.47. The third kappa shape index (κ3) is 2.71. The van der Waals surface area contributed by atoms with Gasteiger partial charge in [0, 0.05) is 18.4 Å². The SMILES string of the molecule is CCn1nccc1CNc1cc(Cl)c(O)c(Cl)c1. The average molecular weight is 286 g/mol. The van der Waals surface area contributed by atoms with E-state index in [2.05, 4.69) is 10.4 Å². The van der Waals surface area contributed by atoms with Crippen molar-refractivity contribution in [2.24, 2.45) is 0 Å². The van der Waals surface area contributed by atoms with E-state index in [9.17, 15) is 5.11 Å². The van der Waals surface area contributed by atoms with Crippen molar-refractivity contribution in [2.45, 2.75) is 20.0 Å². The van der Waals surface area contributed by atoms with Gasteiger partial charge in [0.2, 0.25) is 0 Å². The third-order valence-corrected chi connectivity index (χ3v) is 3.17. The number of phenolic OH excluding ortho intramolecular Hbond substituents is 1. The Morgan fingerprint density at radius 2 is 2.00 bits per heavy atom. The van der Waals surface area contributed by atoms with E-state index in [-0.39, 0.29) is 15.8 Å². The van der Waals surface area contributed by atoms with Gasteiger partial charge in [-0.2, -0.15) is 5.10 Å². The fraction of sp³-hybridized carbons (Fsp3) is 0.250. The molecule has 1 aromatic heterocycles. The quantitative estimate of drug-likeness (QED) is 0.845. The monoisotopic (exact) mass is 285 g/mol. The molecule has 0 bridgehead atoms. The van der Waals surface area contributed by atoms with Gasteiger partial charge in [0.1, 0.15) is 0 Å². The van der Waals surface area contributed by atoms with Crippen molar-refractivity contribution in [3.05, 3.63) is 40.1 Å². The molecule has 0 atom stereocenters. The van der Waals surface area contributed by atoms with Crippen LogP contribution in [0.3, 0.4) is 0 Å². The van der Waals surface area contributed by atoms with E-state index in [4.69, 9.17) is 23.2 Å². The van der Waals surface area contributed by atoms with Crippen molar-refractivity contribution < 1.29 is 5.11 Å². The fourth-order valence-electron chi connectivity index (χ4n) is 1.66. The van der Waals surface area contributed by atoms with Crippen LogP contribution in [0.5, 0.6) is 5.75 Å². The molecule has 1 aromatic carbocycles. The number of rotatable bonds is 4. The molecule has 4 nitrogen and oxygen atoms in total. The summed E-state index contributed by atoms with van der Waals surface area (Å²) in [7, 11) is 0. The van der Waals surface area contributed by atoms with Crippen molar-refractivity contribution in [2.75, 3.05) is 5.32 Å². The summed E-state index contributed by atoms with van der Waals surface area (Å²) in [5.74, 6) is -0.0949. The first-order valence-electron chi connectivity index (χ1n) is 5.54. The number of anilines is 1. The van der Waals surface area contributed by atoms with Crippen molar-refractivity contribution >= 4 is 28.9 Å². The molecule has 0 radical (unpaired) electrons. The van der Waals surface area contributed by atoms with Crippen molar-refractivity contribution in [1.29, 1.82) is 0 Å². The highest BCUT2D eigenvalue weighted by atomic mass is 35.5. The van der Waals surface area contributed by atoms with Crippen LogP contribution in [0.1, 0.15) is 12.6 Å². The highest BCUT2D eigenvalue weighted by molar-refractivity contribution is 6.37. The molecule has 0 aliphatic rings. The van der Waals surface area contributed by atoms with Crippen LogP contribution in [0.4, 0.5) is 5.69 Å². The molecule has 0 amide bonds. The van der Waals surface area contributed by atoms with Crippen LogP contribution in [0.2, 0.25) is 10.0 Å². The van der Waals surface area contributed by atoms with Gasteiger partial charge in [-0.3, -0.25) is 4.68 Å². The lowest BCUT2D eigenvalue weighted by Crippen LogP contribution is -2.07. The van der Waals surface area contributed by atoms with Gasteiger partial charge in [-0.05, 0) is 25.1 Å². The summed E-state index contributed by atoms with van der Waals surface area (Å²) in [5.41, 5.74) is 1.82. The van der Waals surface area contributed by atoms with E-state index < -0.39 is 0 Å². The van der Waals surface area contributed by atoms with Crippen LogP contribution in [0.25, 0.3) is 0 Å². The third-order valence-electron chi connectivity index (χ3n) is 2.59. The Balaban J connectivity index is 2.11. The van der Waals surface area contributed by atoms with Crippen LogP contribution >= 0.6 is 23.2 Å². The molecule has 96 valence electrons. The molecule has 0 spiro atoms. The normalized spacial score (nSPS) is 10.6. The zero-order chi connectivity index (χ0) is 13.1. The lowest BCUT2D eigenvalue weighted by molar-refractivity contribution is 0.476. The summed E-state index contributed by atoms with van der Waals surface area (Å²) in [5, 5.41) is 17.3. The summed E-state index contributed by atoms with van der Waals surface area (Å²) in [6, 6.07) is 5.21. The van der Waals surface area contributed by atoms with E-state index in [1.54, 1.807) is 18.3 Å². The van der Waals surface area contributed by atoms with Crippen molar-refractivity contribution in [3.8, 4) is 5.75 Å². The number of nitrogens with zero attached hydrogens (tertiary/aromatic N) is 2. The number of aromatic hydroxyl groups is 1. The van der Waals surface area contributed by atoms with Gasteiger partial charge in [0.25, 0.3) is 0 Å². The minimum Gasteiger partial charge on any atom is -0.505 e. The molecular weight excluding hydrogens is 273 g/mol. The Kier molecular flexibility index (Phi) is 3.99. The van der Waals surface area contributed by atoms with Gasteiger partial charge in [0.15, 0.2) is 5.75 Å². The molecule has 0 fully saturated rings. The zero-order valence-electron chi connectivity index (χ0n) is 9.82. The number of nitrogens with one attached hydrogen (secondary N) is 1. The zero-order valence-corrected chi connectivity index (χ0v) is 11.3.